The van der Waals surface area contributed by atoms with Crippen LogP contribution in [0.25, 0.3) is 0 Å². The minimum absolute atomic E-state index is 0.0270. The third-order valence-electron chi connectivity index (χ3n) is 3.10. The highest BCUT2D eigenvalue weighted by molar-refractivity contribution is 5.91. The fraction of sp³-hybridized carbons (Fsp3) is 0.500. The average Bonchev–Trinajstić information content (AvgIpc) is 2.67. The van der Waals surface area contributed by atoms with Gasteiger partial charge in [0, 0.05) is 18.2 Å². The van der Waals surface area contributed by atoms with Gasteiger partial charge in [-0.15, -0.1) is 0 Å². The largest absolute Gasteiger partial charge is 0.443 e. The van der Waals surface area contributed by atoms with Gasteiger partial charge in [0.1, 0.15) is 5.60 Å². The molecule has 0 saturated heterocycles. The predicted octanol–water partition coefficient (Wildman–Crippen LogP) is 3.20. The molecule has 0 radical (unpaired) electrons. The van der Waals surface area contributed by atoms with E-state index in [1.54, 1.807) is 33.8 Å². The lowest BCUT2D eigenvalue weighted by molar-refractivity contribution is -0.385. The minimum Gasteiger partial charge on any atom is -0.443 e. The van der Waals surface area contributed by atoms with Crippen LogP contribution in [0.3, 0.4) is 0 Å². The molecule has 2 rings (SSSR count). The molecule has 1 heterocycles. The number of nitro groups is 1. The summed E-state index contributed by atoms with van der Waals surface area (Å²) in [6.45, 7) is 7.57. The van der Waals surface area contributed by atoms with Crippen LogP contribution in [0.2, 0.25) is 0 Å². The van der Waals surface area contributed by atoms with Gasteiger partial charge in [-0.25, -0.2) is 4.79 Å². The van der Waals surface area contributed by atoms with E-state index in [0.717, 1.165) is 5.56 Å². The van der Waals surface area contributed by atoms with Crippen LogP contribution < -0.4 is 4.90 Å². The van der Waals surface area contributed by atoms with Gasteiger partial charge < -0.3 is 4.74 Å². The molecule has 6 nitrogen and oxygen atoms in total. The third kappa shape index (κ3) is 2.74. The molecule has 0 unspecified atom stereocenters. The van der Waals surface area contributed by atoms with E-state index in [9.17, 15) is 14.9 Å². The zero-order valence-electron chi connectivity index (χ0n) is 12.1. The lowest BCUT2D eigenvalue weighted by atomic mass is 10.1. The first-order chi connectivity index (χ1) is 9.19. The highest BCUT2D eigenvalue weighted by Gasteiger charge is 2.31. The number of ether oxygens (including phenoxy) is 1. The van der Waals surface area contributed by atoms with Crippen LogP contribution >= 0.6 is 0 Å². The summed E-state index contributed by atoms with van der Waals surface area (Å²) in [5.41, 5.74) is 1.57. The molecule has 108 valence electrons. The van der Waals surface area contributed by atoms with Crippen molar-refractivity contribution in [3.05, 3.63) is 33.4 Å². The Kier molecular flexibility index (Phi) is 3.41. The summed E-state index contributed by atoms with van der Waals surface area (Å²) in [7, 11) is 0. The maximum Gasteiger partial charge on any atom is 0.414 e. The molecule has 6 heteroatoms. The van der Waals surface area contributed by atoms with Crippen molar-refractivity contribution in [1.82, 2.24) is 0 Å². The van der Waals surface area contributed by atoms with Gasteiger partial charge in [-0.3, -0.25) is 15.0 Å². The van der Waals surface area contributed by atoms with Crippen LogP contribution in [0.5, 0.6) is 0 Å². The Hall–Kier alpha value is -2.11. The van der Waals surface area contributed by atoms with Crippen molar-refractivity contribution in [3.63, 3.8) is 0 Å². The Morgan fingerprint density at radius 3 is 2.60 bits per heavy atom. The Morgan fingerprint density at radius 2 is 2.05 bits per heavy atom. The first-order valence-electron chi connectivity index (χ1n) is 6.47. The van der Waals surface area contributed by atoms with Gasteiger partial charge in [-0.1, -0.05) is 0 Å². The van der Waals surface area contributed by atoms with Gasteiger partial charge in [0.2, 0.25) is 0 Å². The molecule has 0 aliphatic carbocycles. The Bertz CT molecular complexity index is 575. The third-order valence-corrected chi connectivity index (χ3v) is 3.10. The van der Waals surface area contributed by atoms with E-state index in [-0.39, 0.29) is 5.69 Å². The van der Waals surface area contributed by atoms with Crippen molar-refractivity contribution in [2.24, 2.45) is 0 Å². The average molecular weight is 278 g/mol. The van der Waals surface area contributed by atoms with Crippen LogP contribution in [0.4, 0.5) is 16.2 Å². The number of carbonyl (C=O) groups excluding carboxylic acids is 1. The van der Waals surface area contributed by atoms with E-state index in [1.165, 1.54) is 11.0 Å². The maximum atomic E-state index is 12.1. The van der Waals surface area contributed by atoms with Gasteiger partial charge in [-0.2, -0.15) is 0 Å². The summed E-state index contributed by atoms with van der Waals surface area (Å²) < 4.78 is 5.33. The van der Waals surface area contributed by atoms with Gasteiger partial charge >= 0.3 is 6.09 Å². The fourth-order valence-electron chi connectivity index (χ4n) is 2.25. The van der Waals surface area contributed by atoms with Crippen LogP contribution in [-0.2, 0) is 11.2 Å². The standard InChI is InChI=1S/C14H18N2O4/c1-9-7-10-5-6-15(13(17)20-14(2,3)4)12(10)8-11(9)16(18)19/h7-8H,5-6H2,1-4H3. The van der Waals surface area contributed by atoms with Crippen molar-refractivity contribution in [1.29, 1.82) is 0 Å². The van der Waals surface area contributed by atoms with Gasteiger partial charge in [0.25, 0.3) is 5.69 Å². The summed E-state index contributed by atoms with van der Waals surface area (Å²) in [6.07, 6.45) is 0.224. The smallest absolute Gasteiger partial charge is 0.414 e. The van der Waals surface area contributed by atoms with E-state index in [1.807, 2.05) is 0 Å². The quantitative estimate of drug-likeness (QED) is 0.584. The highest BCUT2D eigenvalue weighted by atomic mass is 16.6. The normalized spacial score (nSPS) is 14.1. The molecular formula is C14H18N2O4. The number of nitro benzene ring substituents is 1. The molecule has 1 aliphatic rings. The van der Waals surface area contributed by atoms with Crippen molar-refractivity contribution in [2.75, 3.05) is 11.4 Å². The van der Waals surface area contributed by atoms with E-state index < -0.39 is 16.6 Å². The Morgan fingerprint density at radius 1 is 1.40 bits per heavy atom. The number of fused-ring (bicyclic) bond motifs is 1. The number of hydrogen-bond donors (Lipinski definition) is 0. The molecule has 1 aromatic rings. The molecule has 0 fully saturated rings. The van der Waals surface area contributed by atoms with Crippen LogP contribution in [0.15, 0.2) is 12.1 Å². The summed E-state index contributed by atoms with van der Waals surface area (Å²) in [6, 6.07) is 3.24. The van der Waals surface area contributed by atoms with E-state index in [4.69, 9.17) is 4.74 Å². The number of aryl methyl sites for hydroxylation is 1. The first-order valence-corrected chi connectivity index (χ1v) is 6.47. The Balaban J connectivity index is 2.35. The number of carbonyl (C=O) groups is 1. The fourth-order valence-corrected chi connectivity index (χ4v) is 2.25. The molecule has 20 heavy (non-hydrogen) atoms. The molecule has 0 bridgehead atoms. The second-order valence-corrected chi connectivity index (χ2v) is 5.91. The first kappa shape index (κ1) is 14.3. The second kappa shape index (κ2) is 4.77. The van der Waals surface area contributed by atoms with Crippen LogP contribution in [0.1, 0.15) is 31.9 Å². The zero-order chi connectivity index (χ0) is 15.1. The SMILES string of the molecule is Cc1cc2c(cc1[N+](=O)[O-])N(C(=O)OC(C)(C)C)CC2. The second-order valence-electron chi connectivity index (χ2n) is 5.91. The number of amides is 1. The Labute approximate surface area is 117 Å². The van der Waals surface area contributed by atoms with Gasteiger partial charge in [0.05, 0.1) is 10.6 Å². The number of hydrogen-bond acceptors (Lipinski definition) is 4. The van der Waals surface area contributed by atoms with Crippen molar-refractivity contribution in [3.8, 4) is 0 Å². The van der Waals surface area contributed by atoms with E-state index in [0.29, 0.717) is 24.2 Å². The molecule has 1 amide bonds. The number of anilines is 1. The predicted molar refractivity (Wildman–Crippen MR) is 75.1 cm³/mol. The molecular weight excluding hydrogens is 260 g/mol. The van der Waals surface area contributed by atoms with E-state index >= 15 is 0 Å². The molecule has 0 N–H and O–H groups in total. The van der Waals surface area contributed by atoms with Crippen molar-refractivity contribution >= 4 is 17.5 Å². The molecule has 1 aromatic carbocycles. The zero-order valence-corrected chi connectivity index (χ0v) is 12.1. The maximum absolute atomic E-state index is 12.1. The summed E-state index contributed by atoms with van der Waals surface area (Å²) in [4.78, 5) is 24.2. The van der Waals surface area contributed by atoms with Gasteiger partial charge in [0.15, 0.2) is 0 Å². The van der Waals surface area contributed by atoms with Crippen molar-refractivity contribution < 1.29 is 14.5 Å². The molecule has 0 spiro atoms. The topological polar surface area (TPSA) is 72.7 Å². The van der Waals surface area contributed by atoms with Crippen LogP contribution in [0, 0.1) is 17.0 Å². The van der Waals surface area contributed by atoms with Crippen molar-refractivity contribution in [2.45, 2.75) is 39.7 Å². The molecule has 0 aromatic heterocycles. The summed E-state index contributed by atoms with van der Waals surface area (Å²) in [5.74, 6) is 0. The summed E-state index contributed by atoms with van der Waals surface area (Å²) in [5, 5.41) is 11.0. The van der Waals surface area contributed by atoms with Crippen LogP contribution in [-0.4, -0.2) is 23.2 Å². The molecule has 0 saturated carbocycles. The number of nitrogens with zero attached hydrogens (tertiary/aromatic N) is 2. The highest BCUT2D eigenvalue weighted by Crippen LogP contribution is 2.34. The lowest BCUT2D eigenvalue weighted by Crippen LogP contribution is -2.35. The number of rotatable bonds is 1. The minimum atomic E-state index is -0.587. The van der Waals surface area contributed by atoms with Gasteiger partial charge in [-0.05, 0) is 45.7 Å². The summed E-state index contributed by atoms with van der Waals surface area (Å²) >= 11 is 0. The molecule has 0 atom stereocenters. The monoisotopic (exact) mass is 278 g/mol. The molecule has 1 aliphatic heterocycles. The lowest BCUT2D eigenvalue weighted by Gasteiger charge is -2.24. The number of benzene rings is 1. The van der Waals surface area contributed by atoms with E-state index in [2.05, 4.69) is 0 Å².